The zero-order valence-corrected chi connectivity index (χ0v) is 10.3. The van der Waals surface area contributed by atoms with Crippen LogP contribution in [0, 0.1) is 0 Å². The molecule has 0 unspecified atom stereocenters. The minimum Gasteiger partial charge on any atom is -0.347 e. The van der Waals surface area contributed by atoms with Gasteiger partial charge >= 0.3 is 0 Å². The van der Waals surface area contributed by atoms with E-state index >= 15 is 0 Å². The molecule has 92 valence electrons. The van der Waals surface area contributed by atoms with Crippen molar-refractivity contribution in [2.75, 3.05) is 5.32 Å². The summed E-state index contributed by atoms with van der Waals surface area (Å²) in [6.07, 6.45) is 1.58. The monoisotopic (exact) mass is 242 g/mol. The Bertz CT molecular complexity index is 601. The van der Waals surface area contributed by atoms with Crippen molar-refractivity contribution in [3.63, 3.8) is 0 Å². The Morgan fingerprint density at radius 3 is 2.61 bits per heavy atom. The Kier molecular flexibility index (Phi) is 2.16. The van der Waals surface area contributed by atoms with E-state index in [1.54, 1.807) is 10.9 Å². The van der Waals surface area contributed by atoms with Crippen molar-refractivity contribution in [3.8, 4) is 5.69 Å². The Morgan fingerprint density at radius 2 is 1.89 bits per heavy atom. The maximum atomic E-state index is 11.9. The first-order chi connectivity index (χ1) is 8.57. The van der Waals surface area contributed by atoms with Gasteiger partial charge in [0.2, 0.25) is 0 Å². The molecular formula is C13H14N4O. The Hall–Kier alpha value is -2.30. The van der Waals surface area contributed by atoms with E-state index in [4.69, 9.17) is 0 Å². The topological polar surface area (TPSA) is 59.0 Å². The summed E-state index contributed by atoms with van der Waals surface area (Å²) in [4.78, 5) is 11.9. The smallest absolute Gasteiger partial charge is 0.258 e. The number of hydrogen-bond acceptors (Lipinski definition) is 3. The number of carbonyl (C=O) groups is 1. The zero-order chi connectivity index (χ0) is 12.8. The maximum absolute atomic E-state index is 11.9. The van der Waals surface area contributed by atoms with Crippen LogP contribution in [0.4, 0.5) is 5.82 Å². The number of anilines is 1. The number of nitrogens with zero attached hydrogens (tertiary/aromatic N) is 2. The van der Waals surface area contributed by atoms with Gasteiger partial charge < -0.3 is 10.6 Å². The van der Waals surface area contributed by atoms with Crippen LogP contribution in [0.25, 0.3) is 5.69 Å². The molecule has 1 amide bonds. The summed E-state index contributed by atoms with van der Waals surface area (Å²) in [6.45, 7) is 3.83. The number of amides is 1. The van der Waals surface area contributed by atoms with E-state index in [1.165, 1.54) is 0 Å². The van der Waals surface area contributed by atoms with Gasteiger partial charge in [-0.3, -0.25) is 4.79 Å². The van der Waals surface area contributed by atoms with Crippen LogP contribution < -0.4 is 10.6 Å². The first kappa shape index (κ1) is 10.8. The van der Waals surface area contributed by atoms with Crippen LogP contribution in [0.5, 0.6) is 0 Å². The third-order valence-corrected chi connectivity index (χ3v) is 2.87. The summed E-state index contributed by atoms with van der Waals surface area (Å²) < 4.78 is 1.75. The molecule has 2 N–H and O–H groups in total. The molecule has 2 heterocycles. The van der Waals surface area contributed by atoms with Crippen molar-refractivity contribution < 1.29 is 4.79 Å². The normalized spacial score (nSPS) is 16.7. The van der Waals surface area contributed by atoms with E-state index in [0.717, 1.165) is 11.5 Å². The van der Waals surface area contributed by atoms with Crippen molar-refractivity contribution in [2.24, 2.45) is 0 Å². The standard InChI is InChI=1S/C13H14N4O/c1-13(2)15-11-10(12(18)16-13)8-14-17(11)9-6-4-3-5-7-9/h3-8,15H,1-2H3,(H,16,18). The molecule has 0 spiro atoms. The lowest BCUT2D eigenvalue weighted by molar-refractivity contribution is 0.0914. The molecule has 1 aliphatic heterocycles. The molecule has 0 bridgehead atoms. The van der Waals surface area contributed by atoms with Gasteiger partial charge in [0, 0.05) is 0 Å². The predicted molar refractivity (Wildman–Crippen MR) is 68.7 cm³/mol. The molecule has 3 rings (SSSR count). The van der Waals surface area contributed by atoms with Crippen LogP contribution in [0.3, 0.4) is 0 Å². The lowest BCUT2D eigenvalue weighted by Crippen LogP contribution is -2.53. The third-order valence-electron chi connectivity index (χ3n) is 2.87. The highest BCUT2D eigenvalue weighted by Gasteiger charge is 2.32. The highest BCUT2D eigenvalue weighted by molar-refractivity contribution is 6.01. The molecule has 1 aliphatic rings. The van der Waals surface area contributed by atoms with Crippen LogP contribution in [0.2, 0.25) is 0 Å². The number of hydrogen-bond donors (Lipinski definition) is 2. The summed E-state index contributed by atoms with van der Waals surface area (Å²) in [6, 6.07) is 9.74. The average Bonchev–Trinajstić information content (AvgIpc) is 2.72. The van der Waals surface area contributed by atoms with Gasteiger partial charge in [-0.25, -0.2) is 4.68 Å². The molecule has 0 fully saturated rings. The van der Waals surface area contributed by atoms with E-state index in [0.29, 0.717) is 5.56 Å². The number of nitrogens with one attached hydrogen (secondary N) is 2. The first-order valence-corrected chi connectivity index (χ1v) is 5.81. The number of aromatic nitrogens is 2. The summed E-state index contributed by atoms with van der Waals surface area (Å²) in [7, 11) is 0. The van der Waals surface area contributed by atoms with Crippen molar-refractivity contribution in [1.29, 1.82) is 0 Å². The highest BCUT2D eigenvalue weighted by atomic mass is 16.2. The molecule has 0 radical (unpaired) electrons. The minimum atomic E-state index is -0.476. The molecule has 0 saturated heterocycles. The van der Waals surface area contributed by atoms with Crippen molar-refractivity contribution in [3.05, 3.63) is 42.1 Å². The summed E-state index contributed by atoms with van der Waals surface area (Å²) in [5.41, 5.74) is 1.02. The molecule has 5 heteroatoms. The van der Waals surface area contributed by atoms with Gasteiger partial charge in [0.1, 0.15) is 17.0 Å². The van der Waals surface area contributed by atoms with Gasteiger partial charge in [-0.2, -0.15) is 5.10 Å². The van der Waals surface area contributed by atoms with E-state index < -0.39 is 5.66 Å². The molecular weight excluding hydrogens is 228 g/mol. The van der Waals surface area contributed by atoms with Crippen molar-refractivity contribution >= 4 is 11.7 Å². The van der Waals surface area contributed by atoms with Gasteiger partial charge in [-0.05, 0) is 26.0 Å². The fraction of sp³-hybridized carbons (Fsp3) is 0.231. The Labute approximate surface area is 105 Å². The lowest BCUT2D eigenvalue weighted by Gasteiger charge is -2.33. The molecule has 2 aromatic rings. The average molecular weight is 242 g/mol. The number of para-hydroxylation sites is 1. The van der Waals surface area contributed by atoms with Gasteiger partial charge in [-0.1, -0.05) is 18.2 Å². The van der Waals surface area contributed by atoms with E-state index in [9.17, 15) is 4.79 Å². The van der Waals surface area contributed by atoms with E-state index in [-0.39, 0.29) is 5.91 Å². The maximum Gasteiger partial charge on any atom is 0.258 e. The van der Waals surface area contributed by atoms with E-state index in [1.807, 2.05) is 44.2 Å². The fourth-order valence-electron chi connectivity index (χ4n) is 2.08. The number of benzene rings is 1. The van der Waals surface area contributed by atoms with Crippen LogP contribution in [-0.2, 0) is 0 Å². The van der Waals surface area contributed by atoms with Crippen molar-refractivity contribution in [2.45, 2.75) is 19.5 Å². The molecule has 18 heavy (non-hydrogen) atoms. The molecule has 1 aromatic heterocycles. The molecule has 1 aromatic carbocycles. The predicted octanol–water partition coefficient (Wildman–Crippen LogP) is 1.76. The second-order valence-corrected chi connectivity index (χ2v) is 4.86. The number of carbonyl (C=O) groups excluding carboxylic acids is 1. The summed E-state index contributed by atoms with van der Waals surface area (Å²) >= 11 is 0. The van der Waals surface area contributed by atoms with Crippen LogP contribution in [0.1, 0.15) is 24.2 Å². The quantitative estimate of drug-likeness (QED) is 0.801. The summed E-state index contributed by atoms with van der Waals surface area (Å²) in [5, 5.41) is 10.4. The zero-order valence-electron chi connectivity index (χ0n) is 10.3. The van der Waals surface area contributed by atoms with Gasteiger partial charge in [-0.15, -0.1) is 0 Å². The summed E-state index contributed by atoms with van der Waals surface area (Å²) in [5.74, 6) is 0.630. The first-order valence-electron chi connectivity index (χ1n) is 5.81. The van der Waals surface area contributed by atoms with Crippen molar-refractivity contribution in [1.82, 2.24) is 15.1 Å². The molecule has 0 aliphatic carbocycles. The largest absolute Gasteiger partial charge is 0.347 e. The molecule has 0 atom stereocenters. The third kappa shape index (κ3) is 1.64. The Balaban J connectivity index is 2.13. The highest BCUT2D eigenvalue weighted by Crippen LogP contribution is 2.26. The van der Waals surface area contributed by atoms with Gasteiger partial charge in [0.25, 0.3) is 5.91 Å². The SMILES string of the molecule is CC1(C)NC(=O)c2cnn(-c3ccccc3)c2N1. The second-order valence-electron chi connectivity index (χ2n) is 4.86. The lowest BCUT2D eigenvalue weighted by atomic mass is 10.1. The van der Waals surface area contributed by atoms with Crippen LogP contribution >= 0.6 is 0 Å². The van der Waals surface area contributed by atoms with Gasteiger partial charge in [0.05, 0.1) is 11.9 Å². The number of rotatable bonds is 1. The number of fused-ring (bicyclic) bond motifs is 1. The minimum absolute atomic E-state index is 0.101. The second kappa shape index (κ2) is 3.60. The fourth-order valence-corrected chi connectivity index (χ4v) is 2.08. The van der Waals surface area contributed by atoms with Gasteiger partial charge in [0.15, 0.2) is 0 Å². The molecule has 5 nitrogen and oxygen atoms in total. The van der Waals surface area contributed by atoms with E-state index in [2.05, 4.69) is 15.7 Å². The molecule has 0 saturated carbocycles. The van der Waals surface area contributed by atoms with Crippen LogP contribution in [0.15, 0.2) is 36.5 Å². The van der Waals surface area contributed by atoms with Crippen LogP contribution in [-0.4, -0.2) is 21.4 Å². The Morgan fingerprint density at radius 1 is 1.17 bits per heavy atom.